The second-order valence-corrected chi connectivity index (χ2v) is 8.74. The number of para-hydroxylation sites is 1. The third-order valence-electron chi connectivity index (χ3n) is 4.29. The van der Waals surface area contributed by atoms with Crippen molar-refractivity contribution in [3.05, 3.63) is 47.8 Å². The van der Waals surface area contributed by atoms with Gasteiger partial charge in [-0.1, -0.05) is 11.8 Å². The Morgan fingerprint density at radius 1 is 1.26 bits per heavy atom. The molecule has 2 N–H and O–H groups in total. The molecule has 0 saturated heterocycles. The van der Waals surface area contributed by atoms with Crippen LogP contribution in [0.5, 0.6) is 11.5 Å². The van der Waals surface area contributed by atoms with Crippen molar-refractivity contribution in [1.29, 1.82) is 0 Å². The van der Waals surface area contributed by atoms with Gasteiger partial charge < -0.3 is 14.6 Å². The normalized spacial score (nSPS) is 13.5. The van der Waals surface area contributed by atoms with Crippen LogP contribution in [-0.4, -0.2) is 65.1 Å². The Morgan fingerprint density at radius 3 is 2.71 bits per heavy atom. The SMILES string of the molecule is COc1cccc(O)c1-n1c(C2=C=C=CC(OCC(F)(F)F)=N2)nc2ncc(NS(C)(=O)=O)nc21. The molecule has 3 heterocycles. The lowest BCUT2D eigenvalue weighted by Crippen LogP contribution is -2.19. The summed E-state index contributed by atoms with van der Waals surface area (Å²) in [5, 5.41) is 10.6. The number of phenols is 1. The molecular formula is C20H15F3N6O5S. The maximum Gasteiger partial charge on any atom is 0.422 e. The van der Waals surface area contributed by atoms with Crippen LogP contribution in [0.4, 0.5) is 19.0 Å². The second-order valence-electron chi connectivity index (χ2n) is 6.99. The van der Waals surface area contributed by atoms with Crippen LogP contribution in [0.3, 0.4) is 0 Å². The summed E-state index contributed by atoms with van der Waals surface area (Å²) in [5.41, 5.74) is 5.04. The topological polar surface area (TPSA) is 141 Å². The Hall–Kier alpha value is -4.32. The molecule has 0 aliphatic carbocycles. The van der Waals surface area contributed by atoms with E-state index in [2.05, 4.69) is 40.9 Å². The Bertz CT molecular complexity index is 1570. The Morgan fingerprint density at radius 2 is 2.03 bits per heavy atom. The molecule has 3 aromatic rings. The monoisotopic (exact) mass is 508 g/mol. The summed E-state index contributed by atoms with van der Waals surface area (Å²) in [6, 6.07) is 4.40. The van der Waals surface area contributed by atoms with Crippen LogP contribution < -0.4 is 9.46 Å². The quantitative estimate of drug-likeness (QED) is 0.484. The van der Waals surface area contributed by atoms with Gasteiger partial charge in [-0.15, -0.1) is 0 Å². The van der Waals surface area contributed by atoms with Crippen LogP contribution in [-0.2, 0) is 14.8 Å². The number of anilines is 1. The van der Waals surface area contributed by atoms with E-state index in [0.29, 0.717) is 0 Å². The van der Waals surface area contributed by atoms with E-state index in [-0.39, 0.29) is 45.8 Å². The van der Waals surface area contributed by atoms with Crippen molar-refractivity contribution in [2.24, 2.45) is 4.99 Å². The van der Waals surface area contributed by atoms with Gasteiger partial charge in [-0.2, -0.15) is 13.2 Å². The van der Waals surface area contributed by atoms with Gasteiger partial charge in [0.05, 0.1) is 25.6 Å². The van der Waals surface area contributed by atoms with Crippen molar-refractivity contribution in [1.82, 2.24) is 19.5 Å². The number of nitrogens with zero attached hydrogens (tertiary/aromatic N) is 5. The number of hydrogen-bond donors (Lipinski definition) is 2. The standard InChI is InChI=1S/C20H15F3N6O5S/c1-33-13-7-4-6-12(30)16(13)29-18(11-5-3-8-15(25-11)34-10-20(21,22)23)27-17-19(29)26-14(9-24-17)28-35(2,31)32/h4,6-9,30H,10H2,1-2H3,(H,26,28). The smallest absolute Gasteiger partial charge is 0.422 e. The average Bonchev–Trinajstić information content (AvgIpc) is 3.14. The molecule has 4 rings (SSSR count). The van der Waals surface area contributed by atoms with Crippen LogP contribution in [0, 0.1) is 0 Å². The number of alkyl halides is 3. The van der Waals surface area contributed by atoms with Crippen molar-refractivity contribution in [2.45, 2.75) is 6.18 Å². The molecule has 0 saturated carbocycles. The average molecular weight is 508 g/mol. The Balaban J connectivity index is 1.95. The van der Waals surface area contributed by atoms with Gasteiger partial charge in [0.1, 0.15) is 17.2 Å². The number of aliphatic imine (C=N–C) groups is 1. The van der Waals surface area contributed by atoms with E-state index in [4.69, 9.17) is 4.74 Å². The largest absolute Gasteiger partial charge is 0.506 e. The van der Waals surface area contributed by atoms with Gasteiger partial charge in [-0.3, -0.25) is 9.29 Å². The molecule has 0 bridgehead atoms. The predicted molar refractivity (Wildman–Crippen MR) is 118 cm³/mol. The highest BCUT2D eigenvalue weighted by Gasteiger charge is 2.29. The minimum absolute atomic E-state index is 0.00108. The zero-order chi connectivity index (χ0) is 25.4. The maximum absolute atomic E-state index is 12.6. The van der Waals surface area contributed by atoms with E-state index in [0.717, 1.165) is 18.5 Å². The van der Waals surface area contributed by atoms with Gasteiger partial charge in [0.15, 0.2) is 35.2 Å². The summed E-state index contributed by atoms with van der Waals surface area (Å²) >= 11 is 0. The van der Waals surface area contributed by atoms with Crippen LogP contribution in [0.2, 0.25) is 0 Å². The lowest BCUT2D eigenvalue weighted by atomic mass is 10.2. The first kappa shape index (κ1) is 23.8. The van der Waals surface area contributed by atoms with Gasteiger partial charge in [0.25, 0.3) is 0 Å². The first-order chi connectivity index (χ1) is 16.4. The fourth-order valence-corrected chi connectivity index (χ4v) is 3.51. The molecule has 35 heavy (non-hydrogen) atoms. The summed E-state index contributed by atoms with van der Waals surface area (Å²) in [5.74, 6) is -0.721. The van der Waals surface area contributed by atoms with Crippen molar-refractivity contribution in [2.75, 3.05) is 24.7 Å². The Kier molecular flexibility index (Phi) is 5.99. The van der Waals surface area contributed by atoms with Crippen LogP contribution in [0.1, 0.15) is 5.82 Å². The molecule has 0 fully saturated rings. The number of fused-ring (bicyclic) bond motifs is 1. The molecule has 0 spiro atoms. The summed E-state index contributed by atoms with van der Waals surface area (Å²) in [4.78, 5) is 16.7. The number of sulfonamides is 1. The highest BCUT2D eigenvalue weighted by Crippen LogP contribution is 2.36. The maximum atomic E-state index is 12.6. The number of methoxy groups -OCH3 is 1. The first-order valence-electron chi connectivity index (χ1n) is 9.55. The van der Waals surface area contributed by atoms with E-state index in [1.54, 1.807) is 0 Å². The van der Waals surface area contributed by atoms with Crippen LogP contribution in [0.15, 0.2) is 46.9 Å². The van der Waals surface area contributed by atoms with Crippen LogP contribution >= 0.6 is 0 Å². The molecule has 0 radical (unpaired) electrons. The van der Waals surface area contributed by atoms with Gasteiger partial charge in [-0.25, -0.2) is 28.4 Å². The number of halogens is 3. The van der Waals surface area contributed by atoms with Crippen molar-refractivity contribution in [3.8, 4) is 17.2 Å². The van der Waals surface area contributed by atoms with E-state index in [1.807, 2.05) is 0 Å². The fourth-order valence-electron chi connectivity index (χ4n) is 3.03. The van der Waals surface area contributed by atoms with Crippen molar-refractivity contribution >= 4 is 38.7 Å². The van der Waals surface area contributed by atoms with E-state index >= 15 is 0 Å². The number of imidazole rings is 1. The minimum Gasteiger partial charge on any atom is -0.506 e. The third-order valence-corrected chi connectivity index (χ3v) is 4.87. The zero-order valence-corrected chi connectivity index (χ0v) is 18.8. The molecule has 2 aromatic heterocycles. The molecule has 1 aromatic carbocycles. The first-order valence-corrected chi connectivity index (χ1v) is 11.4. The minimum atomic E-state index is -4.59. The lowest BCUT2D eigenvalue weighted by Gasteiger charge is -2.15. The summed E-state index contributed by atoms with van der Waals surface area (Å²) in [6.45, 7) is -1.58. The molecule has 11 nitrogen and oxygen atoms in total. The van der Waals surface area contributed by atoms with Gasteiger partial charge in [0, 0.05) is 0 Å². The summed E-state index contributed by atoms with van der Waals surface area (Å²) < 4.78 is 74.6. The van der Waals surface area contributed by atoms with Gasteiger partial charge in [0.2, 0.25) is 15.9 Å². The second kappa shape index (κ2) is 8.80. The molecule has 1 aliphatic rings. The highest BCUT2D eigenvalue weighted by molar-refractivity contribution is 7.92. The number of hydrogen-bond acceptors (Lipinski definition) is 9. The summed E-state index contributed by atoms with van der Waals surface area (Å²) in [6.07, 6.45) is -1.48. The highest BCUT2D eigenvalue weighted by atomic mass is 32.2. The number of ether oxygens (including phenoxy) is 2. The number of aromatic nitrogens is 4. The number of nitrogens with one attached hydrogen (secondary N) is 1. The molecule has 15 heteroatoms. The molecule has 1 aliphatic heterocycles. The van der Waals surface area contributed by atoms with Crippen molar-refractivity contribution < 1.29 is 36.2 Å². The molecular weight excluding hydrogens is 493 g/mol. The molecule has 182 valence electrons. The van der Waals surface area contributed by atoms with E-state index < -0.39 is 28.7 Å². The molecule has 0 atom stereocenters. The Labute approximate surface area is 195 Å². The number of benzene rings is 1. The third kappa shape index (κ3) is 5.27. The zero-order valence-electron chi connectivity index (χ0n) is 18.0. The van der Waals surface area contributed by atoms with Gasteiger partial charge >= 0.3 is 6.18 Å². The number of rotatable bonds is 6. The van der Waals surface area contributed by atoms with Crippen LogP contribution in [0.25, 0.3) is 22.7 Å². The molecule has 0 unspecified atom stereocenters. The van der Waals surface area contributed by atoms with E-state index in [1.165, 1.54) is 29.9 Å². The van der Waals surface area contributed by atoms with Gasteiger partial charge in [-0.05, 0) is 17.9 Å². The summed E-state index contributed by atoms with van der Waals surface area (Å²) in [7, 11) is -2.35. The molecule has 0 amide bonds. The van der Waals surface area contributed by atoms with Crippen molar-refractivity contribution in [3.63, 3.8) is 0 Å². The van der Waals surface area contributed by atoms with E-state index in [9.17, 15) is 26.7 Å². The predicted octanol–water partition coefficient (Wildman–Crippen LogP) is 2.54. The number of aromatic hydroxyl groups is 1. The number of phenolic OH excluding ortho intramolecular Hbond substituents is 1. The lowest BCUT2D eigenvalue weighted by molar-refractivity contribution is -0.155. The fraction of sp³-hybridized carbons (Fsp3) is 0.200.